The molecule has 1 aliphatic rings. The SMILES string of the molecule is CCC(C)N1CCN(CC(=O)c2ccc(Cl)cc2Cl)CC1. The zero-order valence-electron chi connectivity index (χ0n) is 12.6. The topological polar surface area (TPSA) is 23.6 Å². The van der Waals surface area contributed by atoms with Gasteiger partial charge in [-0.2, -0.15) is 0 Å². The van der Waals surface area contributed by atoms with Crippen LogP contribution in [0.4, 0.5) is 0 Å². The van der Waals surface area contributed by atoms with Gasteiger partial charge >= 0.3 is 0 Å². The minimum atomic E-state index is 0.0636. The minimum absolute atomic E-state index is 0.0636. The third-order valence-corrected chi connectivity index (χ3v) is 4.77. The molecular formula is C16H22Cl2N2O. The summed E-state index contributed by atoms with van der Waals surface area (Å²) in [7, 11) is 0. The maximum Gasteiger partial charge on any atom is 0.178 e. The second-order valence-corrected chi connectivity index (χ2v) is 6.46. The number of carbonyl (C=O) groups is 1. The molecule has 1 unspecified atom stereocenters. The molecule has 116 valence electrons. The molecule has 1 heterocycles. The molecule has 1 aliphatic heterocycles. The van der Waals surface area contributed by atoms with Gasteiger partial charge in [0.25, 0.3) is 0 Å². The van der Waals surface area contributed by atoms with Crippen LogP contribution in [0.1, 0.15) is 30.6 Å². The Kier molecular flexibility index (Phi) is 6.06. The van der Waals surface area contributed by atoms with E-state index in [2.05, 4.69) is 23.6 Å². The van der Waals surface area contributed by atoms with Gasteiger partial charge in [-0.1, -0.05) is 30.1 Å². The van der Waals surface area contributed by atoms with Crippen molar-refractivity contribution in [1.29, 1.82) is 0 Å². The molecule has 0 amide bonds. The van der Waals surface area contributed by atoms with Crippen LogP contribution in [0.3, 0.4) is 0 Å². The van der Waals surface area contributed by atoms with E-state index in [0.29, 0.717) is 28.2 Å². The molecule has 2 rings (SSSR count). The van der Waals surface area contributed by atoms with Gasteiger partial charge in [0.1, 0.15) is 0 Å². The molecule has 1 aromatic carbocycles. The van der Waals surface area contributed by atoms with Crippen LogP contribution in [0.2, 0.25) is 10.0 Å². The fourth-order valence-corrected chi connectivity index (χ4v) is 3.14. The Labute approximate surface area is 136 Å². The summed E-state index contributed by atoms with van der Waals surface area (Å²) in [6, 6.07) is 5.66. The molecule has 3 nitrogen and oxygen atoms in total. The van der Waals surface area contributed by atoms with E-state index in [-0.39, 0.29) is 5.78 Å². The molecule has 0 bridgehead atoms. The molecule has 1 atom stereocenters. The highest BCUT2D eigenvalue weighted by Crippen LogP contribution is 2.21. The molecule has 1 fully saturated rings. The van der Waals surface area contributed by atoms with E-state index in [1.54, 1.807) is 18.2 Å². The highest BCUT2D eigenvalue weighted by Gasteiger charge is 2.22. The van der Waals surface area contributed by atoms with Gasteiger partial charge in [-0.15, -0.1) is 0 Å². The second kappa shape index (κ2) is 7.59. The average molecular weight is 329 g/mol. The number of ketones is 1. The summed E-state index contributed by atoms with van der Waals surface area (Å²) in [4.78, 5) is 17.0. The summed E-state index contributed by atoms with van der Waals surface area (Å²) in [5.74, 6) is 0.0636. The van der Waals surface area contributed by atoms with Crippen LogP contribution in [0.15, 0.2) is 18.2 Å². The number of hydrogen-bond donors (Lipinski definition) is 0. The van der Waals surface area contributed by atoms with Crippen LogP contribution in [-0.4, -0.2) is 54.3 Å². The average Bonchev–Trinajstić information content (AvgIpc) is 2.47. The smallest absolute Gasteiger partial charge is 0.178 e. The van der Waals surface area contributed by atoms with Crippen LogP contribution >= 0.6 is 23.2 Å². The van der Waals surface area contributed by atoms with E-state index in [9.17, 15) is 4.79 Å². The van der Waals surface area contributed by atoms with Gasteiger partial charge in [0.15, 0.2) is 5.78 Å². The summed E-state index contributed by atoms with van der Waals surface area (Å²) in [6.07, 6.45) is 1.17. The van der Waals surface area contributed by atoms with Crippen LogP contribution in [-0.2, 0) is 0 Å². The Morgan fingerprint density at radius 3 is 2.48 bits per heavy atom. The molecular weight excluding hydrogens is 307 g/mol. The number of halogens is 2. The van der Waals surface area contributed by atoms with E-state index < -0.39 is 0 Å². The summed E-state index contributed by atoms with van der Waals surface area (Å²) < 4.78 is 0. The molecule has 0 N–H and O–H groups in total. The third kappa shape index (κ3) is 4.43. The van der Waals surface area contributed by atoms with E-state index in [0.717, 1.165) is 26.2 Å². The Morgan fingerprint density at radius 2 is 1.90 bits per heavy atom. The quantitative estimate of drug-likeness (QED) is 0.771. The predicted octanol–water partition coefficient (Wildman–Crippen LogP) is 3.59. The first-order chi connectivity index (χ1) is 10.0. The number of hydrogen-bond acceptors (Lipinski definition) is 3. The number of carbonyl (C=O) groups excluding carboxylic acids is 1. The van der Waals surface area contributed by atoms with Gasteiger partial charge < -0.3 is 0 Å². The van der Waals surface area contributed by atoms with Crippen LogP contribution in [0, 0.1) is 0 Å². The summed E-state index contributed by atoms with van der Waals surface area (Å²) >= 11 is 12.0. The summed E-state index contributed by atoms with van der Waals surface area (Å²) in [5.41, 5.74) is 0.561. The number of piperazine rings is 1. The standard InChI is InChI=1S/C16H22Cl2N2O/c1-3-12(2)20-8-6-19(7-9-20)11-16(21)14-5-4-13(17)10-15(14)18/h4-5,10,12H,3,6-9,11H2,1-2H3. The number of nitrogens with zero attached hydrogens (tertiary/aromatic N) is 2. The monoisotopic (exact) mass is 328 g/mol. The minimum Gasteiger partial charge on any atom is -0.298 e. The van der Waals surface area contributed by atoms with Gasteiger partial charge in [-0.3, -0.25) is 14.6 Å². The molecule has 0 aromatic heterocycles. The fourth-order valence-electron chi connectivity index (χ4n) is 2.62. The maximum atomic E-state index is 12.3. The van der Waals surface area contributed by atoms with Crippen molar-refractivity contribution in [2.24, 2.45) is 0 Å². The molecule has 21 heavy (non-hydrogen) atoms. The van der Waals surface area contributed by atoms with Crippen molar-refractivity contribution in [3.63, 3.8) is 0 Å². The molecule has 1 saturated heterocycles. The lowest BCUT2D eigenvalue weighted by atomic mass is 10.1. The lowest BCUT2D eigenvalue weighted by molar-refractivity contribution is 0.0784. The molecule has 0 aliphatic carbocycles. The van der Waals surface area contributed by atoms with Gasteiger partial charge in [0.2, 0.25) is 0 Å². The highest BCUT2D eigenvalue weighted by molar-refractivity contribution is 6.36. The van der Waals surface area contributed by atoms with Crippen molar-refractivity contribution in [3.05, 3.63) is 33.8 Å². The molecule has 0 radical (unpaired) electrons. The maximum absolute atomic E-state index is 12.3. The molecule has 0 spiro atoms. The van der Waals surface area contributed by atoms with Crippen molar-refractivity contribution in [3.8, 4) is 0 Å². The van der Waals surface area contributed by atoms with Crippen LogP contribution in [0.5, 0.6) is 0 Å². The first-order valence-electron chi connectivity index (χ1n) is 7.46. The van der Waals surface area contributed by atoms with E-state index in [1.165, 1.54) is 6.42 Å². The molecule has 5 heteroatoms. The first-order valence-corrected chi connectivity index (χ1v) is 8.21. The lowest BCUT2D eigenvalue weighted by Gasteiger charge is -2.37. The number of benzene rings is 1. The van der Waals surface area contributed by atoms with E-state index in [1.807, 2.05) is 0 Å². The van der Waals surface area contributed by atoms with Crippen molar-refractivity contribution in [2.45, 2.75) is 26.3 Å². The van der Waals surface area contributed by atoms with E-state index >= 15 is 0 Å². The van der Waals surface area contributed by atoms with Crippen molar-refractivity contribution >= 4 is 29.0 Å². The van der Waals surface area contributed by atoms with Crippen molar-refractivity contribution in [1.82, 2.24) is 9.80 Å². The Balaban J connectivity index is 1.90. The lowest BCUT2D eigenvalue weighted by Crippen LogP contribution is -2.50. The van der Waals surface area contributed by atoms with Crippen LogP contribution < -0.4 is 0 Å². The molecule has 0 saturated carbocycles. The Hall–Kier alpha value is -0.610. The normalized spacial score (nSPS) is 18.7. The van der Waals surface area contributed by atoms with Crippen molar-refractivity contribution < 1.29 is 4.79 Å². The van der Waals surface area contributed by atoms with Gasteiger partial charge in [-0.05, 0) is 31.5 Å². The zero-order valence-corrected chi connectivity index (χ0v) is 14.1. The van der Waals surface area contributed by atoms with Gasteiger partial charge in [-0.25, -0.2) is 0 Å². The third-order valence-electron chi connectivity index (χ3n) is 4.22. The fraction of sp³-hybridized carbons (Fsp3) is 0.562. The van der Waals surface area contributed by atoms with Crippen molar-refractivity contribution in [2.75, 3.05) is 32.7 Å². The molecule has 1 aromatic rings. The van der Waals surface area contributed by atoms with Gasteiger partial charge in [0, 0.05) is 42.8 Å². The predicted molar refractivity (Wildman–Crippen MR) is 88.6 cm³/mol. The van der Waals surface area contributed by atoms with E-state index in [4.69, 9.17) is 23.2 Å². The van der Waals surface area contributed by atoms with Crippen LogP contribution in [0.25, 0.3) is 0 Å². The summed E-state index contributed by atoms with van der Waals surface area (Å²) in [6.45, 7) is 8.81. The summed E-state index contributed by atoms with van der Waals surface area (Å²) in [5, 5.41) is 0.990. The highest BCUT2D eigenvalue weighted by atomic mass is 35.5. The number of Topliss-reactive ketones (excluding diaryl/α,β-unsaturated/α-hetero) is 1. The first kappa shape index (κ1) is 16.8. The second-order valence-electron chi connectivity index (χ2n) is 5.62. The Bertz CT molecular complexity index is 499. The largest absolute Gasteiger partial charge is 0.298 e. The van der Waals surface area contributed by atoms with Gasteiger partial charge in [0.05, 0.1) is 11.6 Å². The zero-order chi connectivity index (χ0) is 15.4. The number of rotatable bonds is 5. The Morgan fingerprint density at radius 1 is 1.24 bits per heavy atom.